The Bertz CT molecular complexity index is 225. The SMILES string of the molecule is C=C/C=C\C(=C(/C)N)[N+](=O)[O-]. The van der Waals surface area contributed by atoms with Gasteiger partial charge in [-0.25, -0.2) is 0 Å². The van der Waals surface area contributed by atoms with E-state index in [0.29, 0.717) is 0 Å². The topological polar surface area (TPSA) is 69.2 Å². The average Bonchev–Trinajstić information content (AvgIpc) is 1.87. The van der Waals surface area contributed by atoms with Crippen molar-refractivity contribution in [3.63, 3.8) is 0 Å². The summed E-state index contributed by atoms with van der Waals surface area (Å²) in [6.45, 7) is 4.86. The van der Waals surface area contributed by atoms with Crippen LogP contribution in [0.25, 0.3) is 0 Å². The summed E-state index contributed by atoms with van der Waals surface area (Å²) in [7, 11) is 0. The second-order valence-electron chi connectivity index (χ2n) is 1.92. The standard InChI is InChI=1S/C7H10N2O2/c1-3-4-5-7(6(2)8)9(10)11/h3-5H,1,8H2,2H3/b5-4-,7-6-. The minimum atomic E-state index is -0.532. The Morgan fingerprint density at radius 3 is 2.55 bits per heavy atom. The van der Waals surface area contributed by atoms with Crippen LogP contribution in [0, 0.1) is 10.1 Å². The lowest BCUT2D eigenvalue weighted by Gasteiger charge is -1.91. The minimum absolute atomic E-state index is 0.0927. The first kappa shape index (κ1) is 9.42. The molecular weight excluding hydrogens is 144 g/mol. The highest BCUT2D eigenvalue weighted by Crippen LogP contribution is 2.01. The number of nitrogens with two attached hydrogens (primary N) is 1. The molecule has 0 aromatic carbocycles. The number of hydrogen-bond acceptors (Lipinski definition) is 3. The second-order valence-corrected chi connectivity index (χ2v) is 1.92. The third kappa shape index (κ3) is 3.20. The van der Waals surface area contributed by atoms with Crippen molar-refractivity contribution < 1.29 is 4.92 Å². The van der Waals surface area contributed by atoms with E-state index < -0.39 is 4.92 Å². The molecule has 0 spiro atoms. The Kier molecular flexibility index (Phi) is 3.66. The zero-order valence-corrected chi connectivity index (χ0v) is 6.28. The smallest absolute Gasteiger partial charge is 0.287 e. The van der Waals surface area contributed by atoms with Crippen LogP contribution in [0.4, 0.5) is 0 Å². The number of nitro groups is 1. The van der Waals surface area contributed by atoms with Crippen LogP contribution in [0.15, 0.2) is 36.2 Å². The van der Waals surface area contributed by atoms with Gasteiger partial charge in [-0.15, -0.1) is 0 Å². The van der Waals surface area contributed by atoms with Crippen LogP contribution in [-0.2, 0) is 0 Å². The van der Waals surface area contributed by atoms with Crippen LogP contribution >= 0.6 is 0 Å². The molecule has 0 rings (SSSR count). The van der Waals surface area contributed by atoms with Crippen LogP contribution in [0.1, 0.15) is 6.92 Å². The molecule has 0 saturated carbocycles. The van der Waals surface area contributed by atoms with Gasteiger partial charge in [-0.2, -0.15) is 0 Å². The zero-order chi connectivity index (χ0) is 8.85. The van der Waals surface area contributed by atoms with Gasteiger partial charge < -0.3 is 5.73 Å². The molecule has 0 atom stereocenters. The van der Waals surface area contributed by atoms with Crippen LogP contribution in [0.5, 0.6) is 0 Å². The molecule has 0 aliphatic heterocycles. The number of allylic oxidation sites excluding steroid dienone is 4. The lowest BCUT2D eigenvalue weighted by atomic mass is 10.3. The maximum absolute atomic E-state index is 10.2. The summed E-state index contributed by atoms with van der Waals surface area (Å²) >= 11 is 0. The molecule has 0 bridgehead atoms. The first-order valence-corrected chi connectivity index (χ1v) is 2.99. The van der Waals surface area contributed by atoms with E-state index in [-0.39, 0.29) is 11.4 Å². The Morgan fingerprint density at radius 1 is 1.73 bits per heavy atom. The fraction of sp³-hybridized carbons (Fsp3) is 0.143. The van der Waals surface area contributed by atoms with Crippen molar-refractivity contribution >= 4 is 0 Å². The van der Waals surface area contributed by atoms with Crippen LogP contribution in [-0.4, -0.2) is 4.92 Å². The second kappa shape index (κ2) is 4.27. The van der Waals surface area contributed by atoms with Crippen molar-refractivity contribution in [1.82, 2.24) is 0 Å². The molecule has 0 heterocycles. The summed E-state index contributed by atoms with van der Waals surface area (Å²) in [6.07, 6.45) is 4.23. The molecule has 0 saturated heterocycles. The summed E-state index contributed by atoms with van der Waals surface area (Å²) < 4.78 is 0. The molecule has 0 aliphatic rings. The van der Waals surface area contributed by atoms with Gasteiger partial charge in [-0.05, 0) is 6.92 Å². The molecular formula is C7H10N2O2. The highest BCUT2D eigenvalue weighted by molar-refractivity contribution is 5.18. The van der Waals surface area contributed by atoms with Crippen molar-refractivity contribution in [2.24, 2.45) is 5.73 Å². The highest BCUT2D eigenvalue weighted by Gasteiger charge is 2.07. The number of hydrogen-bond donors (Lipinski definition) is 1. The highest BCUT2D eigenvalue weighted by atomic mass is 16.6. The van der Waals surface area contributed by atoms with Gasteiger partial charge in [0.1, 0.15) is 0 Å². The molecule has 4 nitrogen and oxygen atoms in total. The van der Waals surface area contributed by atoms with E-state index in [1.807, 2.05) is 0 Å². The van der Waals surface area contributed by atoms with Gasteiger partial charge in [0.2, 0.25) is 0 Å². The van der Waals surface area contributed by atoms with E-state index in [9.17, 15) is 10.1 Å². The van der Waals surface area contributed by atoms with Gasteiger partial charge in [-0.1, -0.05) is 18.7 Å². The van der Waals surface area contributed by atoms with E-state index in [4.69, 9.17) is 5.73 Å². The summed E-state index contributed by atoms with van der Waals surface area (Å²) in [6, 6.07) is 0. The molecule has 4 heteroatoms. The summed E-state index contributed by atoms with van der Waals surface area (Å²) in [5.74, 6) is 0. The van der Waals surface area contributed by atoms with Gasteiger partial charge in [0.25, 0.3) is 5.70 Å². The van der Waals surface area contributed by atoms with Gasteiger partial charge in [-0.3, -0.25) is 10.1 Å². The van der Waals surface area contributed by atoms with Crippen molar-refractivity contribution in [3.05, 3.63) is 46.3 Å². The summed E-state index contributed by atoms with van der Waals surface area (Å²) in [5, 5.41) is 10.2. The van der Waals surface area contributed by atoms with Crippen molar-refractivity contribution in [2.75, 3.05) is 0 Å². The Hall–Kier alpha value is -1.58. The molecule has 0 aromatic rings. The molecule has 0 aliphatic carbocycles. The minimum Gasteiger partial charge on any atom is -0.397 e. The Morgan fingerprint density at radius 2 is 2.27 bits per heavy atom. The third-order valence-electron chi connectivity index (χ3n) is 0.991. The van der Waals surface area contributed by atoms with Crippen molar-refractivity contribution in [3.8, 4) is 0 Å². The molecule has 0 fully saturated rings. The van der Waals surface area contributed by atoms with Crippen LogP contribution < -0.4 is 5.73 Å². The van der Waals surface area contributed by atoms with Gasteiger partial charge in [0.05, 0.1) is 10.6 Å². The van der Waals surface area contributed by atoms with Crippen LogP contribution in [0.2, 0.25) is 0 Å². The maximum atomic E-state index is 10.2. The normalized spacial score (nSPS) is 12.8. The predicted octanol–water partition coefficient (Wildman–Crippen LogP) is 1.20. The van der Waals surface area contributed by atoms with Gasteiger partial charge >= 0.3 is 0 Å². The zero-order valence-electron chi connectivity index (χ0n) is 6.28. The lowest BCUT2D eigenvalue weighted by Crippen LogP contribution is -2.04. The molecule has 0 amide bonds. The molecule has 2 N–H and O–H groups in total. The lowest BCUT2D eigenvalue weighted by molar-refractivity contribution is -0.420. The van der Waals surface area contributed by atoms with E-state index in [1.54, 1.807) is 0 Å². The van der Waals surface area contributed by atoms with Crippen molar-refractivity contribution in [1.29, 1.82) is 0 Å². The molecule has 0 aromatic heterocycles. The number of nitrogens with zero attached hydrogens (tertiary/aromatic N) is 1. The number of rotatable bonds is 3. The molecule has 0 radical (unpaired) electrons. The van der Waals surface area contributed by atoms with E-state index in [1.165, 1.54) is 25.2 Å². The van der Waals surface area contributed by atoms with Crippen molar-refractivity contribution in [2.45, 2.75) is 6.92 Å². The van der Waals surface area contributed by atoms with Crippen LogP contribution in [0.3, 0.4) is 0 Å². The van der Waals surface area contributed by atoms with Gasteiger partial charge in [0, 0.05) is 6.08 Å². The summed E-state index contributed by atoms with van der Waals surface area (Å²) in [4.78, 5) is 9.70. The average molecular weight is 154 g/mol. The van der Waals surface area contributed by atoms with E-state index in [0.717, 1.165) is 0 Å². The van der Waals surface area contributed by atoms with E-state index >= 15 is 0 Å². The fourth-order valence-corrected chi connectivity index (χ4v) is 0.495. The Labute approximate surface area is 64.9 Å². The fourth-order valence-electron chi connectivity index (χ4n) is 0.495. The Balaban J connectivity index is 4.64. The maximum Gasteiger partial charge on any atom is 0.287 e. The monoisotopic (exact) mass is 154 g/mol. The molecule has 60 valence electrons. The van der Waals surface area contributed by atoms with E-state index in [2.05, 4.69) is 6.58 Å². The van der Waals surface area contributed by atoms with Gasteiger partial charge in [0.15, 0.2) is 0 Å². The first-order chi connectivity index (χ1) is 5.09. The quantitative estimate of drug-likeness (QED) is 0.377. The summed E-state index contributed by atoms with van der Waals surface area (Å²) in [5.41, 5.74) is 5.33. The largest absolute Gasteiger partial charge is 0.397 e. The first-order valence-electron chi connectivity index (χ1n) is 2.99. The third-order valence-corrected chi connectivity index (χ3v) is 0.991. The molecule has 11 heavy (non-hydrogen) atoms. The predicted molar refractivity (Wildman–Crippen MR) is 43.2 cm³/mol. The molecule has 0 unspecified atom stereocenters.